The highest BCUT2D eigenvalue weighted by Gasteiger charge is 2.12. The summed E-state index contributed by atoms with van der Waals surface area (Å²) in [5.74, 6) is 1.08. The van der Waals surface area contributed by atoms with Crippen molar-refractivity contribution in [1.82, 2.24) is 10.6 Å². The van der Waals surface area contributed by atoms with E-state index in [1.165, 1.54) is 16.7 Å². The van der Waals surface area contributed by atoms with E-state index in [0.717, 1.165) is 24.3 Å². The molecule has 0 fully saturated rings. The molecule has 0 radical (unpaired) electrons. The van der Waals surface area contributed by atoms with Gasteiger partial charge in [-0.3, -0.25) is 4.79 Å². The molecule has 0 spiro atoms. The molecule has 24 heavy (non-hydrogen) atoms. The van der Waals surface area contributed by atoms with E-state index < -0.39 is 0 Å². The first-order chi connectivity index (χ1) is 11.3. The van der Waals surface area contributed by atoms with Crippen LogP contribution in [0.25, 0.3) is 11.1 Å². The SMILES string of the molecule is CNCCC(=O)NCc1ccc(-c2ccc3c(c2)CCO3)cc1.Cl. The zero-order valence-electron chi connectivity index (χ0n) is 13.8. The third-order valence-corrected chi connectivity index (χ3v) is 4.07. The quantitative estimate of drug-likeness (QED) is 0.845. The molecule has 1 amide bonds. The smallest absolute Gasteiger partial charge is 0.221 e. The summed E-state index contributed by atoms with van der Waals surface area (Å²) in [5.41, 5.74) is 4.78. The molecule has 2 aromatic rings. The first kappa shape index (κ1) is 18.3. The number of nitrogens with one attached hydrogen (secondary N) is 2. The van der Waals surface area contributed by atoms with Gasteiger partial charge < -0.3 is 15.4 Å². The van der Waals surface area contributed by atoms with E-state index in [2.05, 4.69) is 47.0 Å². The fourth-order valence-corrected chi connectivity index (χ4v) is 2.71. The maximum absolute atomic E-state index is 11.6. The van der Waals surface area contributed by atoms with Gasteiger partial charge in [-0.25, -0.2) is 0 Å². The van der Waals surface area contributed by atoms with Crippen LogP contribution in [-0.4, -0.2) is 26.1 Å². The standard InChI is InChI=1S/C19H22N2O2.ClH/c1-20-10-8-19(22)21-13-14-2-4-15(5-3-14)16-6-7-18-17(12-16)9-11-23-18;/h2-7,12,20H,8-11,13H2,1H3,(H,21,22);1H. The van der Waals surface area contributed by atoms with E-state index in [1.807, 2.05) is 13.1 Å². The average Bonchev–Trinajstić information content (AvgIpc) is 3.06. The van der Waals surface area contributed by atoms with Crippen LogP contribution in [0.4, 0.5) is 0 Å². The number of carbonyl (C=O) groups excluding carboxylic acids is 1. The summed E-state index contributed by atoms with van der Waals surface area (Å²) in [6, 6.07) is 14.7. The molecule has 3 rings (SSSR count). The molecule has 2 aromatic carbocycles. The molecule has 0 saturated heterocycles. The van der Waals surface area contributed by atoms with Crippen LogP contribution in [0.1, 0.15) is 17.5 Å². The maximum atomic E-state index is 11.6. The van der Waals surface area contributed by atoms with Gasteiger partial charge in [0.2, 0.25) is 5.91 Å². The van der Waals surface area contributed by atoms with Gasteiger partial charge in [-0.1, -0.05) is 30.3 Å². The number of hydrogen-bond donors (Lipinski definition) is 2. The molecule has 128 valence electrons. The number of ether oxygens (including phenoxy) is 1. The summed E-state index contributed by atoms with van der Waals surface area (Å²) >= 11 is 0. The lowest BCUT2D eigenvalue weighted by Gasteiger charge is -2.08. The molecule has 0 aliphatic carbocycles. The van der Waals surface area contributed by atoms with E-state index >= 15 is 0 Å². The normalized spacial score (nSPS) is 12.0. The number of fused-ring (bicyclic) bond motifs is 1. The minimum Gasteiger partial charge on any atom is -0.493 e. The molecule has 5 heteroatoms. The molecular weight excluding hydrogens is 324 g/mol. The molecule has 0 atom stereocenters. The van der Waals surface area contributed by atoms with Crippen molar-refractivity contribution in [1.29, 1.82) is 0 Å². The lowest BCUT2D eigenvalue weighted by Crippen LogP contribution is -2.26. The zero-order chi connectivity index (χ0) is 16.1. The van der Waals surface area contributed by atoms with E-state index in [9.17, 15) is 4.79 Å². The molecule has 2 N–H and O–H groups in total. The van der Waals surface area contributed by atoms with Crippen LogP contribution in [0, 0.1) is 0 Å². The Morgan fingerprint density at radius 1 is 1.12 bits per heavy atom. The van der Waals surface area contributed by atoms with Crippen molar-refractivity contribution in [2.45, 2.75) is 19.4 Å². The van der Waals surface area contributed by atoms with Crippen molar-refractivity contribution in [3.63, 3.8) is 0 Å². The minimum absolute atomic E-state index is 0. The van der Waals surface area contributed by atoms with Crippen molar-refractivity contribution in [3.05, 3.63) is 53.6 Å². The van der Waals surface area contributed by atoms with Gasteiger partial charge in [0.1, 0.15) is 5.75 Å². The summed E-state index contributed by atoms with van der Waals surface area (Å²) in [5, 5.41) is 5.90. The Labute approximate surface area is 149 Å². The highest BCUT2D eigenvalue weighted by Crippen LogP contribution is 2.30. The predicted molar refractivity (Wildman–Crippen MR) is 98.7 cm³/mol. The molecular formula is C19H23ClN2O2. The minimum atomic E-state index is 0. The van der Waals surface area contributed by atoms with E-state index in [4.69, 9.17) is 4.74 Å². The Morgan fingerprint density at radius 2 is 1.88 bits per heavy atom. The summed E-state index contributed by atoms with van der Waals surface area (Å²) in [4.78, 5) is 11.6. The second-order valence-corrected chi connectivity index (χ2v) is 5.75. The number of amides is 1. The van der Waals surface area contributed by atoms with Gasteiger partial charge in [-0.05, 0) is 41.4 Å². The molecule has 0 aromatic heterocycles. The van der Waals surface area contributed by atoms with Crippen LogP contribution < -0.4 is 15.4 Å². The second kappa shape index (κ2) is 8.71. The summed E-state index contributed by atoms with van der Waals surface area (Å²) in [7, 11) is 1.84. The first-order valence-electron chi connectivity index (χ1n) is 8.02. The van der Waals surface area contributed by atoms with Crippen molar-refractivity contribution in [2.75, 3.05) is 20.2 Å². The molecule has 1 aliphatic heterocycles. The van der Waals surface area contributed by atoms with Gasteiger partial charge in [0.25, 0.3) is 0 Å². The van der Waals surface area contributed by atoms with E-state index in [1.54, 1.807) is 0 Å². The number of halogens is 1. The molecule has 0 saturated carbocycles. The maximum Gasteiger partial charge on any atom is 0.221 e. The molecule has 4 nitrogen and oxygen atoms in total. The fourth-order valence-electron chi connectivity index (χ4n) is 2.71. The van der Waals surface area contributed by atoms with Gasteiger partial charge in [0.05, 0.1) is 6.61 Å². The highest BCUT2D eigenvalue weighted by atomic mass is 35.5. The Bertz CT molecular complexity index is 686. The first-order valence-corrected chi connectivity index (χ1v) is 8.02. The Hall–Kier alpha value is -2.04. The summed E-state index contributed by atoms with van der Waals surface area (Å²) in [6.45, 7) is 2.05. The molecule has 1 heterocycles. The third kappa shape index (κ3) is 4.49. The Balaban J connectivity index is 0.00000208. The second-order valence-electron chi connectivity index (χ2n) is 5.75. The fraction of sp³-hybridized carbons (Fsp3) is 0.316. The predicted octanol–water partition coefficient (Wildman–Crippen LogP) is 2.94. The van der Waals surface area contributed by atoms with Crippen molar-refractivity contribution in [3.8, 4) is 16.9 Å². The van der Waals surface area contributed by atoms with E-state index in [0.29, 0.717) is 19.5 Å². The van der Waals surface area contributed by atoms with Gasteiger partial charge in [-0.15, -0.1) is 12.4 Å². The van der Waals surface area contributed by atoms with Crippen molar-refractivity contribution in [2.24, 2.45) is 0 Å². The van der Waals surface area contributed by atoms with Crippen LogP contribution >= 0.6 is 12.4 Å². The number of benzene rings is 2. The van der Waals surface area contributed by atoms with Crippen LogP contribution in [-0.2, 0) is 17.8 Å². The van der Waals surface area contributed by atoms with Crippen LogP contribution in [0.15, 0.2) is 42.5 Å². The number of hydrogen-bond acceptors (Lipinski definition) is 3. The number of carbonyl (C=O) groups is 1. The lowest BCUT2D eigenvalue weighted by molar-refractivity contribution is -0.121. The largest absolute Gasteiger partial charge is 0.493 e. The van der Waals surface area contributed by atoms with E-state index in [-0.39, 0.29) is 18.3 Å². The van der Waals surface area contributed by atoms with Crippen LogP contribution in [0.3, 0.4) is 0 Å². The molecule has 0 bridgehead atoms. The monoisotopic (exact) mass is 346 g/mol. The molecule has 0 unspecified atom stereocenters. The van der Waals surface area contributed by atoms with Crippen molar-refractivity contribution >= 4 is 18.3 Å². The third-order valence-electron chi connectivity index (χ3n) is 4.07. The highest BCUT2D eigenvalue weighted by molar-refractivity contribution is 5.85. The van der Waals surface area contributed by atoms with Gasteiger partial charge in [-0.2, -0.15) is 0 Å². The lowest BCUT2D eigenvalue weighted by atomic mass is 10.0. The summed E-state index contributed by atoms with van der Waals surface area (Å²) < 4.78 is 5.55. The average molecular weight is 347 g/mol. The number of rotatable bonds is 6. The summed E-state index contributed by atoms with van der Waals surface area (Å²) in [6.07, 6.45) is 1.49. The van der Waals surface area contributed by atoms with Crippen molar-refractivity contribution < 1.29 is 9.53 Å². The Kier molecular flexibility index (Phi) is 6.64. The van der Waals surface area contributed by atoms with Gasteiger partial charge >= 0.3 is 0 Å². The van der Waals surface area contributed by atoms with Crippen LogP contribution in [0.2, 0.25) is 0 Å². The van der Waals surface area contributed by atoms with Gasteiger partial charge in [0, 0.05) is 25.9 Å². The van der Waals surface area contributed by atoms with Gasteiger partial charge in [0.15, 0.2) is 0 Å². The molecule has 1 aliphatic rings. The zero-order valence-corrected chi connectivity index (χ0v) is 14.6. The topological polar surface area (TPSA) is 50.4 Å². The van der Waals surface area contributed by atoms with Crippen LogP contribution in [0.5, 0.6) is 5.75 Å². The Morgan fingerprint density at radius 3 is 2.62 bits per heavy atom.